The first-order chi connectivity index (χ1) is 12.3. The van der Waals surface area contributed by atoms with Crippen LogP contribution < -0.4 is 15.5 Å². The van der Waals surface area contributed by atoms with Crippen LogP contribution in [0.3, 0.4) is 0 Å². The molecule has 0 bridgehead atoms. The van der Waals surface area contributed by atoms with E-state index in [1.54, 1.807) is 11.3 Å². The van der Waals surface area contributed by atoms with Gasteiger partial charge in [0.25, 0.3) is 5.91 Å². The highest BCUT2D eigenvalue weighted by Gasteiger charge is 2.26. The van der Waals surface area contributed by atoms with E-state index in [9.17, 15) is 9.59 Å². The minimum absolute atomic E-state index is 0.0426. The van der Waals surface area contributed by atoms with Crippen molar-refractivity contribution < 1.29 is 14.5 Å². The van der Waals surface area contributed by atoms with Gasteiger partial charge >= 0.3 is 0 Å². The smallest absolute Gasteiger partial charge is 0.275 e. The molecule has 1 aliphatic rings. The van der Waals surface area contributed by atoms with Crippen LogP contribution >= 0.6 is 11.3 Å². The Labute approximate surface area is 157 Å². The Hall–Kier alpha value is -2.25. The van der Waals surface area contributed by atoms with Crippen LogP contribution in [0.1, 0.15) is 37.3 Å². The third kappa shape index (κ3) is 4.11. The fourth-order valence-corrected chi connectivity index (χ4v) is 3.99. The molecule has 138 valence electrons. The molecule has 1 aromatic heterocycles. The van der Waals surface area contributed by atoms with Gasteiger partial charge in [-0.25, -0.2) is 4.98 Å². The van der Waals surface area contributed by atoms with Gasteiger partial charge in [-0.3, -0.25) is 9.59 Å². The highest BCUT2D eigenvalue weighted by Crippen LogP contribution is 2.35. The third-order valence-corrected chi connectivity index (χ3v) is 5.23. The average Bonchev–Trinajstić information content (AvgIpc) is 3.11. The zero-order valence-corrected chi connectivity index (χ0v) is 16.4. The summed E-state index contributed by atoms with van der Waals surface area (Å²) in [6.45, 7) is 6.97. The van der Waals surface area contributed by atoms with E-state index >= 15 is 0 Å². The molecule has 1 unspecified atom stereocenters. The van der Waals surface area contributed by atoms with Crippen LogP contribution in [-0.2, 0) is 16.1 Å². The summed E-state index contributed by atoms with van der Waals surface area (Å²) in [4.78, 5) is 29.5. The lowest BCUT2D eigenvalue weighted by atomic mass is 10.00. The number of fused-ring (bicyclic) bond motifs is 1. The summed E-state index contributed by atoms with van der Waals surface area (Å²) >= 11 is 1.60. The first kappa shape index (κ1) is 18.5. The van der Waals surface area contributed by atoms with Gasteiger partial charge in [-0.05, 0) is 38.5 Å². The van der Waals surface area contributed by atoms with Gasteiger partial charge in [-0.2, -0.15) is 0 Å². The number of anilines is 1. The molecule has 0 saturated heterocycles. The van der Waals surface area contributed by atoms with Crippen molar-refractivity contribution in [2.75, 3.05) is 18.9 Å². The molecular formula is C19H25N4O2S+. The van der Waals surface area contributed by atoms with Crippen LogP contribution in [-0.4, -0.2) is 36.4 Å². The van der Waals surface area contributed by atoms with Crippen LogP contribution in [0.5, 0.6) is 0 Å². The van der Waals surface area contributed by atoms with Gasteiger partial charge in [0.1, 0.15) is 11.6 Å². The predicted molar refractivity (Wildman–Crippen MR) is 103 cm³/mol. The Morgan fingerprint density at radius 1 is 1.42 bits per heavy atom. The zero-order chi connectivity index (χ0) is 18.8. The van der Waals surface area contributed by atoms with Crippen molar-refractivity contribution in [3.05, 3.63) is 34.2 Å². The fraction of sp³-hybridized carbons (Fsp3) is 0.421. The minimum Gasteiger partial charge on any atom is -0.349 e. The predicted octanol–water partition coefficient (Wildman–Crippen LogP) is 1.41. The Kier molecular flexibility index (Phi) is 5.38. The monoisotopic (exact) mass is 373 g/mol. The van der Waals surface area contributed by atoms with Crippen LogP contribution in [0.25, 0.3) is 11.3 Å². The topological polar surface area (TPSA) is 75.5 Å². The van der Waals surface area contributed by atoms with E-state index in [1.807, 2.05) is 51.4 Å². The molecule has 0 spiro atoms. The highest BCUT2D eigenvalue weighted by atomic mass is 32.1. The SMILES string of the molecule is CC(C)NC(=O)C[NH+](C)Cc1nc(-c2ccc3c(c2)[C@@H](C)C(=O)N3)cs1. The maximum absolute atomic E-state index is 11.9. The number of carbonyl (C=O) groups is 2. The lowest BCUT2D eigenvalue weighted by Gasteiger charge is -2.13. The number of amides is 2. The molecule has 2 atom stereocenters. The second kappa shape index (κ2) is 7.55. The Morgan fingerprint density at radius 3 is 2.92 bits per heavy atom. The molecule has 0 fully saturated rings. The van der Waals surface area contributed by atoms with E-state index in [-0.39, 0.29) is 23.8 Å². The normalized spacial score (nSPS) is 17.1. The van der Waals surface area contributed by atoms with Crippen molar-refractivity contribution in [2.45, 2.75) is 39.3 Å². The van der Waals surface area contributed by atoms with E-state index < -0.39 is 0 Å². The standard InChI is InChI=1S/C19H24N4O2S/c1-11(2)20-17(24)8-23(4)9-18-21-16(10-26-18)13-5-6-15-14(7-13)12(3)19(25)22-15/h5-7,10-12H,8-9H2,1-4H3,(H,20,24)(H,22,25)/p+1/t12-/m1/s1. The number of nitrogens with one attached hydrogen (secondary N) is 3. The number of benzene rings is 1. The second-order valence-electron chi connectivity index (χ2n) is 7.17. The van der Waals surface area contributed by atoms with Gasteiger partial charge in [0.05, 0.1) is 18.7 Å². The lowest BCUT2D eigenvalue weighted by Crippen LogP contribution is -3.09. The van der Waals surface area contributed by atoms with Gasteiger partial charge in [-0.1, -0.05) is 6.07 Å². The first-order valence-corrected chi connectivity index (χ1v) is 9.71. The number of nitrogens with zero attached hydrogens (tertiary/aromatic N) is 1. The van der Waals surface area contributed by atoms with Crippen LogP contribution in [0.4, 0.5) is 5.69 Å². The van der Waals surface area contributed by atoms with E-state index in [0.29, 0.717) is 13.1 Å². The van der Waals surface area contributed by atoms with E-state index in [4.69, 9.17) is 4.98 Å². The molecule has 1 aromatic carbocycles. The number of likely N-dealkylation sites (N-methyl/N-ethyl adjacent to an activating group) is 1. The number of hydrogen-bond acceptors (Lipinski definition) is 4. The highest BCUT2D eigenvalue weighted by molar-refractivity contribution is 7.09. The van der Waals surface area contributed by atoms with Crippen molar-refractivity contribution in [1.29, 1.82) is 0 Å². The number of carbonyl (C=O) groups excluding carboxylic acids is 2. The molecule has 1 aliphatic heterocycles. The summed E-state index contributed by atoms with van der Waals surface area (Å²) in [5.74, 6) is -0.0295. The van der Waals surface area contributed by atoms with Gasteiger partial charge in [0.15, 0.2) is 6.54 Å². The summed E-state index contributed by atoms with van der Waals surface area (Å²) in [7, 11) is 2.00. The molecule has 2 aromatic rings. The van der Waals surface area contributed by atoms with Crippen LogP contribution in [0.15, 0.2) is 23.6 Å². The van der Waals surface area contributed by atoms with Gasteiger partial charge < -0.3 is 15.5 Å². The molecule has 0 saturated carbocycles. The van der Waals surface area contributed by atoms with Crippen molar-refractivity contribution >= 4 is 28.8 Å². The van der Waals surface area contributed by atoms with Gasteiger partial charge in [0, 0.05) is 22.7 Å². The van der Waals surface area contributed by atoms with Gasteiger partial charge in [-0.15, -0.1) is 11.3 Å². The molecule has 3 N–H and O–H groups in total. The summed E-state index contributed by atoms with van der Waals surface area (Å²) < 4.78 is 0. The average molecular weight is 374 g/mol. The third-order valence-electron chi connectivity index (χ3n) is 4.38. The summed E-state index contributed by atoms with van der Waals surface area (Å²) in [6.07, 6.45) is 0. The van der Waals surface area contributed by atoms with Crippen LogP contribution in [0.2, 0.25) is 0 Å². The Morgan fingerprint density at radius 2 is 2.19 bits per heavy atom. The number of thiazole rings is 1. The molecule has 0 radical (unpaired) electrons. The Bertz CT molecular complexity index is 831. The molecule has 26 heavy (non-hydrogen) atoms. The zero-order valence-electron chi connectivity index (χ0n) is 15.6. The summed E-state index contributed by atoms with van der Waals surface area (Å²) in [6, 6.07) is 6.13. The quantitative estimate of drug-likeness (QED) is 0.717. The van der Waals surface area contributed by atoms with Crippen molar-refractivity contribution in [3.63, 3.8) is 0 Å². The lowest BCUT2D eigenvalue weighted by molar-refractivity contribution is -0.885. The maximum Gasteiger partial charge on any atom is 0.275 e. The molecular weight excluding hydrogens is 348 g/mol. The van der Waals surface area contributed by atoms with E-state index in [0.717, 1.165) is 32.4 Å². The minimum atomic E-state index is -0.127. The summed E-state index contributed by atoms with van der Waals surface area (Å²) in [5, 5.41) is 8.84. The number of hydrogen-bond donors (Lipinski definition) is 3. The molecule has 7 heteroatoms. The van der Waals surface area contributed by atoms with Crippen molar-refractivity contribution in [3.8, 4) is 11.3 Å². The number of aromatic nitrogens is 1. The molecule has 6 nitrogen and oxygen atoms in total. The second-order valence-corrected chi connectivity index (χ2v) is 8.11. The van der Waals surface area contributed by atoms with E-state index in [2.05, 4.69) is 10.6 Å². The first-order valence-electron chi connectivity index (χ1n) is 8.83. The largest absolute Gasteiger partial charge is 0.349 e. The maximum atomic E-state index is 11.9. The fourth-order valence-electron chi connectivity index (χ4n) is 3.07. The molecule has 2 heterocycles. The van der Waals surface area contributed by atoms with Crippen molar-refractivity contribution in [2.24, 2.45) is 0 Å². The van der Waals surface area contributed by atoms with Crippen LogP contribution in [0, 0.1) is 0 Å². The number of quaternary nitrogens is 1. The van der Waals surface area contributed by atoms with E-state index in [1.165, 1.54) is 0 Å². The number of rotatable bonds is 6. The molecule has 0 aliphatic carbocycles. The molecule has 2 amide bonds. The van der Waals surface area contributed by atoms with Crippen molar-refractivity contribution in [1.82, 2.24) is 10.3 Å². The molecule has 3 rings (SSSR count). The summed E-state index contributed by atoms with van der Waals surface area (Å²) in [5.41, 5.74) is 3.85. The van der Waals surface area contributed by atoms with Gasteiger partial charge in [0.2, 0.25) is 5.91 Å². The Balaban J connectivity index is 1.67.